The topological polar surface area (TPSA) is 398 Å². The molecule has 0 aromatic heterocycles. The minimum Gasteiger partial charge on any atom is -0.508 e. The number of benzene rings is 7. The quantitative estimate of drug-likeness (QED) is 0.0999. The molecule has 0 radical (unpaired) electrons. The van der Waals surface area contributed by atoms with Gasteiger partial charge in [0, 0.05) is 54.9 Å². The first-order valence-corrected chi connectivity index (χ1v) is 30.0. The molecule has 94 heavy (non-hydrogen) atoms. The SMILES string of the molecule is COC(=O)[C@@H]1NC(=O)[C@H]2NC(=O)[C@H](NC(=O)[C@@H]3NC(=O)[C@H]4NC(=O)[C@@H](Cc5ccc(c(Cl)c5)Oc5cc3cc(c5OCCN3CCOCC3)Oc3ccc(cc3Cl)[C@H]2O)NC(=O)[C@H](N)c2ccc(O)c(c2)Oc2cc(O)cc4c2)c2ccc(O)c(c2)-c2c(O)cc(O)cc21. The van der Waals surface area contributed by atoms with Crippen LogP contribution in [-0.2, 0) is 49.5 Å². The molecule has 0 spiro atoms. The average molecular weight is 1330 g/mol. The first-order valence-electron chi connectivity index (χ1n) is 29.2. The number of phenols is 5. The number of nitrogens with one attached hydrogen (secondary N) is 6. The van der Waals surface area contributed by atoms with Crippen molar-refractivity contribution >= 4 is 64.6 Å². The van der Waals surface area contributed by atoms with Crippen LogP contribution in [0.2, 0.25) is 10.0 Å². The van der Waals surface area contributed by atoms with Crippen molar-refractivity contribution in [2.24, 2.45) is 5.73 Å². The van der Waals surface area contributed by atoms with Gasteiger partial charge in [-0.15, -0.1) is 0 Å². The number of hydrogen-bond acceptors (Lipinski definition) is 21. The van der Waals surface area contributed by atoms with E-state index in [-0.39, 0.29) is 108 Å². The van der Waals surface area contributed by atoms with E-state index in [1.165, 1.54) is 72.8 Å². The number of halogens is 2. The lowest BCUT2D eigenvalue weighted by atomic mass is 9.89. The van der Waals surface area contributed by atoms with Crippen LogP contribution in [0.3, 0.4) is 0 Å². The van der Waals surface area contributed by atoms with Crippen LogP contribution in [0.25, 0.3) is 11.1 Å². The molecular formula is C65H58Cl2N8O19. The molecule has 17 bridgehead atoms. The molecule has 7 aliphatic rings. The molecule has 14 rings (SSSR count). The van der Waals surface area contributed by atoms with Crippen molar-refractivity contribution < 1.29 is 92.6 Å². The smallest absolute Gasteiger partial charge is 0.333 e. The van der Waals surface area contributed by atoms with Crippen molar-refractivity contribution in [2.45, 2.75) is 54.8 Å². The van der Waals surface area contributed by atoms with Crippen LogP contribution in [0, 0.1) is 0 Å². The molecule has 0 aliphatic carbocycles. The van der Waals surface area contributed by atoms with Crippen LogP contribution in [0.15, 0.2) is 115 Å². The van der Waals surface area contributed by atoms with Crippen molar-refractivity contribution in [3.8, 4) is 80.1 Å². The van der Waals surface area contributed by atoms with Gasteiger partial charge in [0.1, 0.15) is 89.2 Å². The third-order valence-corrected chi connectivity index (χ3v) is 17.0. The molecule has 0 unspecified atom stereocenters. The molecule has 27 nitrogen and oxygen atoms in total. The Kier molecular flexibility index (Phi) is 17.7. The van der Waals surface area contributed by atoms with E-state index in [1.807, 2.05) is 0 Å². The highest BCUT2D eigenvalue weighted by molar-refractivity contribution is 6.32. The lowest BCUT2D eigenvalue weighted by Gasteiger charge is -2.31. The van der Waals surface area contributed by atoms with Crippen LogP contribution < -0.4 is 56.6 Å². The van der Waals surface area contributed by atoms with E-state index in [4.69, 9.17) is 57.4 Å². The van der Waals surface area contributed by atoms with Crippen LogP contribution in [0.1, 0.15) is 75.3 Å². The zero-order valence-electron chi connectivity index (χ0n) is 49.3. The Balaban J connectivity index is 1.10. The molecule has 7 heterocycles. The van der Waals surface area contributed by atoms with Gasteiger partial charge in [-0.3, -0.25) is 33.7 Å². The van der Waals surface area contributed by atoms with E-state index in [0.717, 1.165) is 43.5 Å². The van der Waals surface area contributed by atoms with E-state index in [9.17, 15) is 45.0 Å². The fourth-order valence-electron chi connectivity index (χ4n) is 11.6. The van der Waals surface area contributed by atoms with Crippen LogP contribution >= 0.6 is 23.2 Å². The fraction of sp³-hybridized carbons (Fsp3) is 0.246. The number of carbonyl (C=O) groups is 7. The molecule has 1 saturated heterocycles. The number of methoxy groups -OCH3 is 1. The summed E-state index contributed by atoms with van der Waals surface area (Å²) in [6.07, 6.45) is -2.40. The molecule has 7 aliphatic heterocycles. The highest BCUT2D eigenvalue weighted by atomic mass is 35.5. The number of nitrogens with two attached hydrogens (primary N) is 1. The summed E-state index contributed by atoms with van der Waals surface area (Å²) >= 11 is 14.2. The number of amides is 6. The Bertz CT molecular complexity index is 4260. The van der Waals surface area contributed by atoms with E-state index >= 15 is 19.2 Å². The first kappa shape index (κ1) is 63.6. The van der Waals surface area contributed by atoms with Crippen molar-refractivity contribution in [1.82, 2.24) is 36.8 Å². The number of phenolic OH excluding ortho intramolecular Hbond substituents is 5. The third kappa shape index (κ3) is 13.0. The van der Waals surface area contributed by atoms with Gasteiger partial charge in [-0.25, -0.2) is 4.79 Å². The van der Waals surface area contributed by atoms with E-state index in [0.29, 0.717) is 38.4 Å². The number of esters is 1. The number of fused-ring (bicyclic) bond motifs is 14. The largest absolute Gasteiger partial charge is 0.508 e. The van der Waals surface area contributed by atoms with E-state index in [2.05, 4.69) is 36.8 Å². The van der Waals surface area contributed by atoms with E-state index in [1.54, 1.807) is 6.07 Å². The van der Waals surface area contributed by atoms with Crippen molar-refractivity contribution in [3.05, 3.63) is 164 Å². The molecule has 486 valence electrons. The molecule has 0 saturated carbocycles. The highest BCUT2D eigenvalue weighted by Gasteiger charge is 2.42. The second-order valence-electron chi connectivity index (χ2n) is 22.6. The molecule has 8 atom stereocenters. The Morgan fingerprint density at radius 1 is 0.574 bits per heavy atom. The number of morpholine rings is 1. The van der Waals surface area contributed by atoms with Gasteiger partial charge in [-0.1, -0.05) is 47.5 Å². The zero-order valence-corrected chi connectivity index (χ0v) is 50.8. The van der Waals surface area contributed by atoms with Gasteiger partial charge in [0.2, 0.25) is 41.2 Å². The minimum absolute atomic E-state index is 0.0361. The maximum absolute atomic E-state index is 16.1. The van der Waals surface area contributed by atoms with Gasteiger partial charge in [0.25, 0.3) is 0 Å². The highest BCUT2D eigenvalue weighted by Crippen LogP contribution is 2.49. The third-order valence-electron chi connectivity index (χ3n) is 16.4. The van der Waals surface area contributed by atoms with E-state index < -0.39 is 119 Å². The van der Waals surface area contributed by atoms with Crippen LogP contribution in [0.4, 0.5) is 0 Å². The Morgan fingerprint density at radius 3 is 1.87 bits per heavy atom. The Hall–Kier alpha value is -10.6. The van der Waals surface area contributed by atoms with Gasteiger partial charge in [-0.2, -0.15) is 0 Å². The summed E-state index contributed by atoms with van der Waals surface area (Å²) in [6, 6.07) is 10.1. The van der Waals surface area contributed by atoms with Gasteiger partial charge < -0.3 is 96.7 Å². The summed E-state index contributed by atoms with van der Waals surface area (Å²) in [5, 5.41) is 84.2. The molecule has 7 aromatic rings. The Morgan fingerprint density at radius 2 is 1.18 bits per heavy atom. The number of ether oxygens (including phenoxy) is 6. The number of rotatable bonds is 5. The molecule has 1 fully saturated rings. The summed E-state index contributed by atoms with van der Waals surface area (Å²) < 4.78 is 36.6. The zero-order chi connectivity index (χ0) is 66.4. The summed E-state index contributed by atoms with van der Waals surface area (Å²) in [4.78, 5) is 107. The number of aliphatic hydroxyl groups excluding tert-OH is 1. The van der Waals surface area contributed by atoms with Crippen molar-refractivity contribution in [1.29, 1.82) is 0 Å². The molecule has 6 amide bonds. The minimum atomic E-state index is -2.13. The standard InChI is InChI=1S/C65H58Cl2N8O19/c1-89-65(88)55-38-26-35(77)27-44(80)50(38)37-20-30(4-6-42(37)78)52-61(84)74-56(64(87)73-55)57(81)31-5-9-46(40(67)21-31)94-49-24-33-23-48(58(49)91-15-12-75-10-13-90-14-11-75)93-45-8-2-28(16-39(45)66)17-41-59(82)70-53(62(85)72-54(33)63(86)71-52)32-18-34(76)25-36(19-32)92-47-22-29(3-7-43(47)79)51(68)60(83)69-41/h2-9,16,18-27,41,51-57,76-81H,10-15,17,68H2,1H3,(H,69,83)(H,70,82)(H,71,86)(H,72,85)(H,73,87)(H,74,84)/t41-,51-,52-,53+,54-,55-,56+,57-/m1/s1. The van der Waals surface area contributed by atoms with Gasteiger partial charge in [-0.05, 0) is 112 Å². The van der Waals surface area contributed by atoms with Gasteiger partial charge in [0.15, 0.2) is 29.0 Å². The Labute approximate surface area is 543 Å². The second-order valence-corrected chi connectivity index (χ2v) is 23.4. The molecule has 14 N–H and O–H groups in total. The number of nitrogens with zero attached hydrogens (tertiary/aromatic N) is 1. The molecule has 7 aromatic carbocycles. The molecular weight excluding hydrogens is 1270 g/mol. The maximum Gasteiger partial charge on any atom is 0.333 e. The van der Waals surface area contributed by atoms with Crippen molar-refractivity contribution in [2.75, 3.05) is 46.6 Å². The predicted molar refractivity (Wildman–Crippen MR) is 330 cm³/mol. The normalized spacial score (nSPS) is 22.2. The summed E-state index contributed by atoms with van der Waals surface area (Å²) in [5.41, 5.74) is 5.14. The maximum atomic E-state index is 16.1. The average Bonchev–Trinajstić information content (AvgIpc) is 0.777. The summed E-state index contributed by atoms with van der Waals surface area (Å²) in [6.45, 7) is 2.33. The summed E-state index contributed by atoms with van der Waals surface area (Å²) in [5.74, 6) is -12.3. The fourth-order valence-corrected chi connectivity index (χ4v) is 12.0. The van der Waals surface area contributed by atoms with Crippen LogP contribution in [0.5, 0.6) is 69.0 Å². The predicted octanol–water partition coefficient (Wildman–Crippen LogP) is 5.08. The van der Waals surface area contributed by atoms with Gasteiger partial charge >= 0.3 is 5.97 Å². The first-order chi connectivity index (χ1) is 45.1. The van der Waals surface area contributed by atoms with Gasteiger partial charge in [0.05, 0.1) is 30.4 Å². The number of hydrogen-bond donors (Lipinski definition) is 13. The number of aromatic hydroxyl groups is 5. The molecule has 29 heteroatoms. The lowest BCUT2D eigenvalue weighted by molar-refractivity contribution is -0.146. The van der Waals surface area contributed by atoms with Crippen molar-refractivity contribution in [3.63, 3.8) is 0 Å². The monoisotopic (exact) mass is 1320 g/mol. The second kappa shape index (κ2) is 26.2. The number of aliphatic hydroxyl groups is 1. The van der Waals surface area contributed by atoms with Crippen LogP contribution in [-0.4, -0.2) is 136 Å². The lowest BCUT2D eigenvalue weighted by Crippen LogP contribution is -2.55. The summed E-state index contributed by atoms with van der Waals surface area (Å²) in [7, 11) is 0.981. The number of carbonyl (C=O) groups excluding carboxylic acids is 7.